The zero-order valence-electron chi connectivity index (χ0n) is 9.41. The summed E-state index contributed by atoms with van der Waals surface area (Å²) in [6.45, 7) is 1.66. The van der Waals surface area contributed by atoms with E-state index in [4.69, 9.17) is 5.26 Å². The minimum Gasteiger partial charge on any atom is -0.466 e. The number of alkyl halides is 2. The van der Waals surface area contributed by atoms with Crippen LogP contribution in [0.25, 0.3) is 0 Å². The summed E-state index contributed by atoms with van der Waals surface area (Å²) >= 11 is 0. The molecule has 1 heterocycles. The van der Waals surface area contributed by atoms with Crippen molar-refractivity contribution in [1.29, 1.82) is 5.26 Å². The number of halogens is 3. The third-order valence-corrected chi connectivity index (χ3v) is 2.02. The molecule has 1 aromatic heterocycles. The predicted octanol–water partition coefficient (Wildman–Crippen LogP) is 2.14. The second-order valence-electron chi connectivity index (χ2n) is 3.26. The van der Waals surface area contributed by atoms with E-state index in [0.717, 1.165) is 6.07 Å². The van der Waals surface area contributed by atoms with Gasteiger partial charge in [0.1, 0.15) is 17.5 Å². The molecule has 0 aliphatic heterocycles. The Kier molecular flexibility index (Phi) is 4.66. The van der Waals surface area contributed by atoms with Crippen molar-refractivity contribution in [2.45, 2.75) is 19.8 Å². The van der Waals surface area contributed by atoms with Crippen LogP contribution in [0.5, 0.6) is 0 Å². The highest BCUT2D eigenvalue weighted by Crippen LogP contribution is 2.23. The van der Waals surface area contributed by atoms with Crippen LogP contribution in [0.1, 0.15) is 30.3 Å². The molecule has 0 radical (unpaired) electrons. The average molecular weight is 258 g/mol. The SMILES string of the molecule is CCOC(=O)Cc1cc(C#N)nc(C(F)F)c1F. The second-order valence-corrected chi connectivity index (χ2v) is 3.26. The largest absolute Gasteiger partial charge is 0.466 e. The van der Waals surface area contributed by atoms with E-state index in [1.807, 2.05) is 0 Å². The summed E-state index contributed by atoms with van der Waals surface area (Å²) < 4.78 is 43.1. The number of pyridine rings is 1. The number of hydrogen-bond donors (Lipinski definition) is 0. The van der Waals surface area contributed by atoms with E-state index in [-0.39, 0.29) is 17.9 Å². The van der Waals surface area contributed by atoms with Crippen molar-refractivity contribution >= 4 is 5.97 Å². The first-order chi connectivity index (χ1) is 8.49. The molecule has 1 rings (SSSR count). The van der Waals surface area contributed by atoms with Gasteiger partial charge in [0.05, 0.1) is 13.0 Å². The minimum absolute atomic E-state index is 0.0956. The van der Waals surface area contributed by atoms with Gasteiger partial charge in [-0.25, -0.2) is 18.2 Å². The zero-order valence-corrected chi connectivity index (χ0v) is 9.41. The Bertz CT molecular complexity index is 498. The average Bonchev–Trinajstić information content (AvgIpc) is 2.31. The lowest BCUT2D eigenvalue weighted by Gasteiger charge is -2.07. The lowest BCUT2D eigenvalue weighted by Crippen LogP contribution is -2.11. The van der Waals surface area contributed by atoms with E-state index in [9.17, 15) is 18.0 Å². The molecule has 0 spiro atoms. The standard InChI is InChI=1S/C11H9F3N2O2/c1-2-18-8(17)4-6-3-7(5-15)16-10(9(6)12)11(13)14/h3,11H,2,4H2,1H3. The lowest BCUT2D eigenvalue weighted by molar-refractivity contribution is -0.142. The fourth-order valence-corrected chi connectivity index (χ4v) is 1.30. The van der Waals surface area contributed by atoms with Gasteiger partial charge in [-0.15, -0.1) is 0 Å². The van der Waals surface area contributed by atoms with Crippen molar-refractivity contribution in [3.63, 3.8) is 0 Å². The van der Waals surface area contributed by atoms with Crippen molar-refractivity contribution in [1.82, 2.24) is 4.98 Å². The fraction of sp³-hybridized carbons (Fsp3) is 0.364. The summed E-state index contributed by atoms with van der Waals surface area (Å²) in [6, 6.07) is 2.49. The molecule has 0 aliphatic rings. The number of esters is 1. The summed E-state index contributed by atoms with van der Waals surface area (Å²) in [4.78, 5) is 14.3. The van der Waals surface area contributed by atoms with Gasteiger partial charge >= 0.3 is 5.97 Å². The molecule has 0 saturated heterocycles. The molecule has 0 aromatic carbocycles. The number of aromatic nitrogens is 1. The van der Waals surface area contributed by atoms with E-state index in [2.05, 4.69) is 9.72 Å². The van der Waals surface area contributed by atoms with Crippen molar-refractivity contribution in [3.8, 4) is 6.07 Å². The summed E-state index contributed by atoms with van der Waals surface area (Å²) in [7, 11) is 0. The van der Waals surface area contributed by atoms with Gasteiger partial charge < -0.3 is 4.74 Å². The molecule has 1 aromatic rings. The molecule has 4 nitrogen and oxygen atoms in total. The maximum atomic E-state index is 13.6. The van der Waals surface area contributed by atoms with Crippen LogP contribution in [-0.2, 0) is 16.0 Å². The van der Waals surface area contributed by atoms with E-state index >= 15 is 0 Å². The van der Waals surface area contributed by atoms with Crippen molar-refractivity contribution in [3.05, 3.63) is 28.8 Å². The monoisotopic (exact) mass is 258 g/mol. The maximum Gasteiger partial charge on any atom is 0.310 e. The topological polar surface area (TPSA) is 63.0 Å². The smallest absolute Gasteiger partial charge is 0.310 e. The first kappa shape index (κ1) is 14.0. The highest BCUT2D eigenvalue weighted by Gasteiger charge is 2.21. The normalized spacial score (nSPS) is 10.2. The number of ether oxygens (including phenoxy) is 1. The van der Waals surface area contributed by atoms with Gasteiger partial charge in [-0.3, -0.25) is 4.79 Å². The molecule has 0 amide bonds. The number of carbonyl (C=O) groups is 1. The molecule has 0 fully saturated rings. The Hall–Kier alpha value is -2.10. The molecule has 18 heavy (non-hydrogen) atoms. The van der Waals surface area contributed by atoms with Crippen LogP contribution >= 0.6 is 0 Å². The molecule has 0 aliphatic carbocycles. The molecule has 0 N–H and O–H groups in total. The number of carbonyl (C=O) groups excluding carboxylic acids is 1. The van der Waals surface area contributed by atoms with E-state index in [0.29, 0.717) is 0 Å². The number of hydrogen-bond acceptors (Lipinski definition) is 4. The number of nitrogens with zero attached hydrogens (tertiary/aromatic N) is 2. The van der Waals surface area contributed by atoms with Crippen LogP contribution in [0.15, 0.2) is 6.07 Å². The summed E-state index contributed by atoms with van der Waals surface area (Å²) in [5.74, 6) is -2.04. The zero-order chi connectivity index (χ0) is 13.7. The molecule has 0 unspecified atom stereocenters. The summed E-state index contributed by atoms with van der Waals surface area (Å²) in [5.41, 5.74) is -1.82. The van der Waals surface area contributed by atoms with E-state index < -0.39 is 30.3 Å². The Morgan fingerprint density at radius 3 is 2.78 bits per heavy atom. The molecular weight excluding hydrogens is 249 g/mol. The Morgan fingerprint density at radius 2 is 2.28 bits per heavy atom. The second kappa shape index (κ2) is 6.00. The summed E-state index contributed by atoms with van der Waals surface area (Å²) in [5, 5.41) is 8.60. The lowest BCUT2D eigenvalue weighted by atomic mass is 10.1. The fourth-order valence-electron chi connectivity index (χ4n) is 1.30. The summed E-state index contributed by atoms with van der Waals surface area (Å²) in [6.07, 6.45) is -3.67. The van der Waals surface area contributed by atoms with Gasteiger partial charge in [-0.2, -0.15) is 5.26 Å². The van der Waals surface area contributed by atoms with Crippen LogP contribution in [0.4, 0.5) is 13.2 Å². The van der Waals surface area contributed by atoms with Crippen LogP contribution in [-0.4, -0.2) is 17.6 Å². The number of rotatable bonds is 4. The van der Waals surface area contributed by atoms with Gasteiger partial charge in [0.25, 0.3) is 6.43 Å². The third-order valence-electron chi connectivity index (χ3n) is 2.02. The highest BCUT2D eigenvalue weighted by atomic mass is 19.3. The van der Waals surface area contributed by atoms with Crippen LogP contribution in [0.3, 0.4) is 0 Å². The predicted molar refractivity (Wildman–Crippen MR) is 54.2 cm³/mol. The molecular formula is C11H9F3N2O2. The van der Waals surface area contributed by atoms with Crippen LogP contribution < -0.4 is 0 Å². The molecule has 0 bridgehead atoms. The van der Waals surface area contributed by atoms with Gasteiger partial charge in [0, 0.05) is 5.56 Å². The van der Waals surface area contributed by atoms with Gasteiger partial charge in [-0.05, 0) is 13.0 Å². The number of nitriles is 1. The Labute approximate surface area is 101 Å². The first-order valence-corrected chi connectivity index (χ1v) is 5.02. The van der Waals surface area contributed by atoms with Crippen molar-refractivity contribution in [2.75, 3.05) is 6.61 Å². The Morgan fingerprint density at radius 1 is 1.61 bits per heavy atom. The van der Waals surface area contributed by atoms with Crippen LogP contribution in [0.2, 0.25) is 0 Å². The highest BCUT2D eigenvalue weighted by molar-refractivity contribution is 5.72. The molecule has 96 valence electrons. The van der Waals surface area contributed by atoms with Gasteiger partial charge in [0.2, 0.25) is 0 Å². The van der Waals surface area contributed by atoms with Crippen molar-refractivity contribution < 1.29 is 22.7 Å². The molecule has 7 heteroatoms. The minimum atomic E-state index is -3.15. The quantitative estimate of drug-likeness (QED) is 0.776. The van der Waals surface area contributed by atoms with Gasteiger partial charge in [0.15, 0.2) is 5.82 Å². The molecule has 0 atom stereocenters. The van der Waals surface area contributed by atoms with Crippen LogP contribution in [0, 0.1) is 17.1 Å². The van der Waals surface area contributed by atoms with Gasteiger partial charge in [-0.1, -0.05) is 0 Å². The maximum absolute atomic E-state index is 13.6. The first-order valence-electron chi connectivity index (χ1n) is 5.02. The van der Waals surface area contributed by atoms with E-state index in [1.54, 1.807) is 6.92 Å². The third kappa shape index (κ3) is 3.20. The van der Waals surface area contributed by atoms with Crippen molar-refractivity contribution in [2.24, 2.45) is 0 Å². The Balaban J connectivity index is 3.14. The van der Waals surface area contributed by atoms with E-state index in [1.165, 1.54) is 6.07 Å². The molecule has 0 saturated carbocycles.